The highest BCUT2D eigenvalue weighted by Gasteiger charge is 2.28. The summed E-state index contributed by atoms with van der Waals surface area (Å²) in [6, 6.07) is 13.7. The molecule has 3 nitrogen and oxygen atoms in total. The predicted octanol–water partition coefficient (Wildman–Crippen LogP) is 4.33. The lowest BCUT2D eigenvalue weighted by atomic mass is 9.93. The normalized spacial score (nSPS) is 20.7. The lowest BCUT2D eigenvalue weighted by molar-refractivity contribution is 0.152. The van der Waals surface area contributed by atoms with Gasteiger partial charge in [-0.1, -0.05) is 35.0 Å². The SMILES string of the molecule is CCNC1CC(c2ccc(O)cc2)Oc2ccc(Br)cc21. The van der Waals surface area contributed by atoms with Crippen LogP contribution in [0.25, 0.3) is 0 Å². The Morgan fingerprint density at radius 1 is 1.24 bits per heavy atom. The zero-order valence-corrected chi connectivity index (χ0v) is 13.4. The molecule has 1 aliphatic rings. The van der Waals surface area contributed by atoms with E-state index in [1.54, 1.807) is 12.1 Å². The van der Waals surface area contributed by atoms with Crippen LogP contribution in [0.2, 0.25) is 0 Å². The number of nitrogens with one attached hydrogen (secondary N) is 1. The standard InChI is InChI=1S/C17H18BrNO2/c1-2-19-15-10-17(11-3-6-13(20)7-4-11)21-16-8-5-12(18)9-14(15)16/h3-9,15,17,19-20H,2,10H2,1H3. The van der Waals surface area contributed by atoms with Crippen molar-refractivity contribution in [1.29, 1.82) is 0 Å². The van der Waals surface area contributed by atoms with Crippen LogP contribution in [0.4, 0.5) is 0 Å². The van der Waals surface area contributed by atoms with Gasteiger partial charge in [-0.3, -0.25) is 0 Å². The van der Waals surface area contributed by atoms with Crippen molar-refractivity contribution in [2.24, 2.45) is 0 Å². The fourth-order valence-electron chi connectivity index (χ4n) is 2.77. The quantitative estimate of drug-likeness (QED) is 0.868. The molecule has 2 aromatic rings. The molecule has 0 saturated carbocycles. The number of phenolic OH excluding ortho intramolecular Hbond substituents is 1. The molecule has 4 heteroatoms. The van der Waals surface area contributed by atoms with Crippen LogP contribution < -0.4 is 10.1 Å². The molecule has 21 heavy (non-hydrogen) atoms. The highest BCUT2D eigenvalue weighted by atomic mass is 79.9. The molecule has 0 fully saturated rings. The van der Waals surface area contributed by atoms with E-state index in [4.69, 9.17) is 4.74 Å². The average Bonchev–Trinajstić information content (AvgIpc) is 2.48. The molecule has 2 N–H and O–H groups in total. The number of hydrogen-bond acceptors (Lipinski definition) is 3. The third-order valence-electron chi connectivity index (χ3n) is 3.78. The molecule has 0 amide bonds. The highest BCUT2D eigenvalue weighted by Crippen LogP contribution is 2.42. The molecule has 0 radical (unpaired) electrons. The number of aromatic hydroxyl groups is 1. The van der Waals surface area contributed by atoms with Gasteiger partial charge in [-0.15, -0.1) is 0 Å². The third kappa shape index (κ3) is 3.06. The van der Waals surface area contributed by atoms with Crippen LogP contribution in [0, 0.1) is 0 Å². The molecule has 2 aromatic carbocycles. The summed E-state index contributed by atoms with van der Waals surface area (Å²) in [6.45, 7) is 3.03. The van der Waals surface area contributed by atoms with Crippen molar-refractivity contribution in [3.05, 3.63) is 58.1 Å². The summed E-state index contributed by atoms with van der Waals surface area (Å²) in [4.78, 5) is 0. The van der Waals surface area contributed by atoms with Crippen LogP contribution in [0.15, 0.2) is 46.9 Å². The molecule has 2 atom stereocenters. The van der Waals surface area contributed by atoms with Crippen molar-refractivity contribution in [1.82, 2.24) is 5.32 Å². The summed E-state index contributed by atoms with van der Waals surface area (Å²) < 4.78 is 7.21. The minimum atomic E-state index is 0.00308. The zero-order chi connectivity index (χ0) is 14.8. The van der Waals surface area contributed by atoms with E-state index in [9.17, 15) is 5.11 Å². The topological polar surface area (TPSA) is 41.5 Å². The number of phenols is 1. The van der Waals surface area contributed by atoms with Crippen LogP contribution in [-0.4, -0.2) is 11.7 Å². The molecular weight excluding hydrogens is 330 g/mol. The van der Waals surface area contributed by atoms with Crippen molar-refractivity contribution in [2.75, 3.05) is 6.54 Å². The minimum Gasteiger partial charge on any atom is -0.508 e. The zero-order valence-electron chi connectivity index (χ0n) is 11.8. The summed E-state index contributed by atoms with van der Waals surface area (Å²) in [5.74, 6) is 1.20. The van der Waals surface area contributed by atoms with E-state index in [-0.39, 0.29) is 17.9 Å². The second-order valence-electron chi connectivity index (χ2n) is 5.23. The first-order valence-corrected chi connectivity index (χ1v) is 7.95. The summed E-state index contributed by atoms with van der Waals surface area (Å²) >= 11 is 3.53. The summed E-state index contributed by atoms with van der Waals surface area (Å²) in [5.41, 5.74) is 2.28. The van der Waals surface area contributed by atoms with Gasteiger partial charge in [0.05, 0.1) is 0 Å². The van der Waals surface area contributed by atoms with Crippen molar-refractivity contribution in [3.8, 4) is 11.5 Å². The van der Waals surface area contributed by atoms with Crippen molar-refractivity contribution in [3.63, 3.8) is 0 Å². The van der Waals surface area contributed by atoms with Crippen molar-refractivity contribution >= 4 is 15.9 Å². The Morgan fingerprint density at radius 3 is 2.71 bits per heavy atom. The highest BCUT2D eigenvalue weighted by molar-refractivity contribution is 9.10. The van der Waals surface area contributed by atoms with Crippen molar-refractivity contribution < 1.29 is 9.84 Å². The lowest BCUT2D eigenvalue weighted by Gasteiger charge is -2.33. The molecule has 0 saturated heterocycles. The van der Waals surface area contributed by atoms with Gasteiger partial charge in [-0.05, 0) is 42.4 Å². The first-order chi connectivity index (χ1) is 10.2. The Balaban J connectivity index is 1.93. The van der Waals surface area contributed by atoms with E-state index < -0.39 is 0 Å². The van der Waals surface area contributed by atoms with Crippen molar-refractivity contribution in [2.45, 2.75) is 25.5 Å². The Hall–Kier alpha value is -1.52. The molecular formula is C17H18BrNO2. The summed E-state index contributed by atoms with van der Waals surface area (Å²) in [5, 5.41) is 12.9. The predicted molar refractivity (Wildman–Crippen MR) is 86.7 cm³/mol. The lowest BCUT2D eigenvalue weighted by Crippen LogP contribution is -2.29. The molecule has 0 bridgehead atoms. The van der Waals surface area contributed by atoms with Gasteiger partial charge in [0.1, 0.15) is 17.6 Å². The van der Waals surface area contributed by atoms with Crippen LogP contribution in [0.1, 0.15) is 36.6 Å². The Bertz CT molecular complexity index is 627. The fraction of sp³-hybridized carbons (Fsp3) is 0.294. The molecule has 0 spiro atoms. The van der Waals surface area contributed by atoms with E-state index in [2.05, 4.69) is 34.2 Å². The maximum atomic E-state index is 9.42. The first kappa shape index (κ1) is 14.4. The van der Waals surface area contributed by atoms with Gasteiger partial charge < -0.3 is 15.2 Å². The molecule has 2 unspecified atom stereocenters. The van der Waals surface area contributed by atoms with Gasteiger partial charge in [0.2, 0.25) is 0 Å². The molecule has 3 rings (SSSR count). The van der Waals surface area contributed by atoms with Gasteiger partial charge in [0.25, 0.3) is 0 Å². The number of benzene rings is 2. The van der Waals surface area contributed by atoms with Gasteiger partial charge in [0, 0.05) is 22.5 Å². The maximum Gasteiger partial charge on any atom is 0.126 e. The third-order valence-corrected chi connectivity index (χ3v) is 4.27. The van der Waals surface area contributed by atoms with Gasteiger partial charge in [-0.2, -0.15) is 0 Å². The van der Waals surface area contributed by atoms with Gasteiger partial charge in [0.15, 0.2) is 0 Å². The smallest absolute Gasteiger partial charge is 0.126 e. The van der Waals surface area contributed by atoms with E-state index >= 15 is 0 Å². The largest absolute Gasteiger partial charge is 0.508 e. The second kappa shape index (κ2) is 6.08. The van der Waals surface area contributed by atoms with E-state index in [0.717, 1.165) is 28.8 Å². The number of fused-ring (bicyclic) bond motifs is 1. The van der Waals surface area contributed by atoms with Crippen LogP contribution >= 0.6 is 15.9 Å². The molecule has 1 heterocycles. The fourth-order valence-corrected chi connectivity index (χ4v) is 3.15. The Kier molecular flexibility index (Phi) is 4.17. The Labute approximate surface area is 133 Å². The maximum absolute atomic E-state index is 9.42. The molecule has 0 aliphatic carbocycles. The number of halogens is 1. The molecule has 1 aliphatic heterocycles. The van der Waals surface area contributed by atoms with E-state index in [1.807, 2.05) is 24.3 Å². The monoisotopic (exact) mass is 347 g/mol. The second-order valence-corrected chi connectivity index (χ2v) is 6.14. The average molecular weight is 348 g/mol. The number of hydrogen-bond donors (Lipinski definition) is 2. The van der Waals surface area contributed by atoms with Gasteiger partial charge in [-0.25, -0.2) is 0 Å². The number of rotatable bonds is 3. The summed E-state index contributed by atoms with van der Waals surface area (Å²) in [7, 11) is 0. The van der Waals surface area contributed by atoms with Crippen LogP contribution in [-0.2, 0) is 0 Å². The van der Waals surface area contributed by atoms with Gasteiger partial charge >= 0.3 is 0 Å². The number of ether oxygens (including phenoxy) is 1. The summed E-state index contributed by atoms with van der Waals surface area (Å²) in [6.07, 6.45) is 0.880. The Morgan fingerprint density at radius 2 is 2.00 bits per heavy atom. The van der Waals surface area contributed by atoms with Crippen LogP contribution in [0.5, 0.6) is 11.5 Å². The molecule has 0 aromatic heterocycles. The van der Waals surface area contributed by atoms with E-state index in [0.29, 0.717) is 0 Å². The minimum absolute atomic E-state index is 0.00308. The first-order valence-electron chi connectivity index (χ1n) is 7.15. The van der Waals surface area contributed by atoms with E-state index in [1.165, 1.54) is 5.56 Å². The van der Waals surface area contributed by atoms with Crippen LogP contribution in [0.3, 0.4) is 0 Å². The molecule has 110 valence electrons.